The summed E-state index contributed by atoms with van der Waals surface area (Å²) in [4.78, 5) is 4.56. The smallest absolute Gasteiger partial charge is 0.156 e. The van der Waals surface area contributed by atoms with Gasteiger partial charge in [-0.05, 0) is 25.1 Å². The molecule has 1 atom stereocenters. The number of hydrogen-bond donors (Lipinski definition) is 2. The van der Waals surface area contributed by atoms with Gasteiger partial charge in [0.2, 0.25) is 0 Å². The Morgan fingerprint density at radius 2 is 2.44 bits per heavy atom. The van der Waals surface area contributed by atoms with Crippen LogP contribution in [0.1, 0.15) is 23.9 Å². The highest BCUT2D eigenvalue weighted by Gasteiger charge is 2.21. The summed E-state index contributed by atoms with van der Waals surface area (Å²) in [7, 11) is 0. The summed E-state index contributed by atoms with van der Waals surface area (Å²) in [5.41, 5.74) is 7.57. The molecule has 0 spiro atoms. The molecule has 0 amide bonds. The monoisotopic (exact) mass is 217 g/mol. The first-order valence-electron chi connectivity index (χ1n) is 5.64. The van der Waals surface area contributed by atoms with Gasteiger partial charge in [-0.2, -0.15) is 5.10 Å². The van der Waals surface area contributed by atoms with Crippen LogP contribution >= 0.6 is 0 Å². The van der Waals surface area contributed by atoms with E-state index in [-0.39, 0.29) is 0 Å². The fraction of sp³-hybridized carbons (Fsp3) is 0.455. The Kier molecular flexibility index (Phi) is 2.34. The minimum atomic E-state index is 0.450. The fourth-order valence-corrected chi connectivity index (χ4v) is 2.18. The van der Waals surface area contributed by atoms with E-state index in [1.54, 1.807) is 0 Å². The number of hydrogen-bond acceptors (Lipinski definition) is 4. The maximum absolute atomic E-state index is 5.68. The first-order valence-corrected chi connectivity index (χ1v) is 5.64. The van der Waals surface area contributed by atoms with Crippen LogP contribution in [0.25, 0.3) is 5.65 Å². The van der Waals surface area contributed by atoms with E-state index in [2.05, 4.69) is 15.4 Å². The molecule has 1 aliphatic rings. The Bertz CT molecular complexity index is 498. The van der Waals surface area contributed by atoms with Crippen LogP contribution in [0.2, 0.25) is 0 Å². The van der Waals surface area contributed by atoms with Gasteiger partial charge in [-0.15, -0.1) is 0 Å². The van der Waals surface area contributed by atoms with E-state index in [4.69, 9.17) is 5.73 Å². The molecular formula is C11H15N5. The quantitative estimate of drug-likeness (QED) is 0.757. The molecule has 1 aliphatic heterocycles. The van der Waals surface area contributed by atoms with Crippen LogP contribution in [0, 0.1) is 0 Å². The van der Waals surface area contributed by atoms with Crippen molar-refractivity contribution in [2.24, 2.45) is 5.73 Å². The third-order valence-corrected chi connectivity index (χ3v) is 3.09. The second-order valence-corrected chi connectivity index (χ2v) is 4.15. The topological polar surface area (TPSA) is 68.2 Å². The number of nitrogens with two attached hydrogens (primary N) is 1. The average Bonchev–Trinajstić information content (AvgIpc) is 2.96. The van der Waals surface area contributed by atoms with Gasteiger partial charge in [-0.25, -0.2) is 9.50 Å². The van der Waals surface area contributed by atoms with Crippen molar-refractivity contribution >= 4 is 5.65 Å². The van der Waals surface area contributed by atoms with Crippen molar-refractivity contribution in [1.29, 1.82) is 0 Å². The minimum absolute atomic E-state index is 0.450. The number of aromatic nitrogens is 3. The molecule has 0 aliphatic carbocycles. The molecular weight excluding hydrogens is 202 g/mol. The van der Waals surface area contributed by atoms with Crippen molar-refractivity contribution in [3.05, 3.63) is 29.7 Å². The zero-order chi connectivity index (χ0) is 11.0. The summed E-state index contributed by atoms with van der Waals surface area (Å²) in [5.74, 6) is 1.39. The summed E-state index contributed by atoms with van der Waals surface area (Å²) in [6, 6.07) is 5.93. The van der Waals surface area contributed by atoms with Crippen molar-refractivity contribution in [1.82, 2.24) is 19.9 Å². The summed E-state index contributed by atoms with van der Waals surface area (Å²) in [5, 5.41) is 7.88. The van der Waals surface area contributed by atoms with Gasteiger partial charge < -0.3 is 11.1 Å². The number of rotatable bonds is 2. The molecule has 3 heterocycles. The minimum Gasteiger partial charge on any atom is -0.325 e. The molecule has 5 nitrogen and oxygen atoms in total. The standard InChI is InChI=1S/C11H15N5/c12-6-9-2-1-3-10-14-11(15-16(9)10)8-4-5-13-7-8/h1-3,8,13H,4-7,12H2. The number of pyridine rings is 1. The molecule has 0 aromatic carbocycles. The van der Waals surface area contributed by atoms with Crippen molar-refractivity contribution in [3.8, 4) is 0 Å². The number of nitrogens with one attached hydrogen (secondary N) is 1. The van der Waals surface area contributed by atoms with Gasteiger partial charge in [0.1, 0.15) is 0 Å². The molecule has 0 bridgehead atoms. The van der Waals surface area contributed by atoms with Crippen LogP contribution in [0.3, 0.4) is 0 Å². The van der Waals surface area contributed by atoms with Gasteiger partial charge in [0.25, 0.3) is 0 Å². The molecule has 1 unspecified atom stereocenters. The number of fused-ring (bicyclic) bond motifs is 1. The molecule has 3 N–H and O–H groups in total. The van der Waals surface area contributed by atoms with Crippen molar-refractivity contribution < 1.29 is 0 Å². The Morgan fingerprint density at radius 1 is 1.50 bits per heavy atom. The lowest BCUT2D eigenvalue weighted by Crippen LogP contribution is -2.09. The van der Waals surface area contributed by atoms with Gasteiger partial charge >= 0.3 is 0 Å². The van der Waals surface area contributed by atoms with E-state index < -0.39 is 0 Å². The zero-order valence-electron chi connectivity index (χ0n) is 9.06. The molecule has 84 valence electrons. The van der Waals surface area contributed by atoms with E-state index >= 15 is 0 Å². The summed E-state index contributed by atoms with van der Waals surface area (Å²) < 4.78 is 1.85. The van der Waals surface area contributed by atoms with E-state index in [1.807, 2.05) is 22.7 Å². The molecule has 0 radical (unpaired) electrons. The lowest BCUT2D eigenvalue weighted by atomic mass is 10.1. The SMILES string of the molecule is NCc1cccc2nc(C3CCNC3)nn12. The highest BCUT2D eigenvalue weighted by molar-refractivity contribution is 5.39. The predicted molar refractivity (Wildman–Crippen MR) is 61.1 cm³/mol. The first-order chi connectivity index (χ1) is 7.88. The third kappa shape index (κ3) is 1.48. The fourth-order valence-electron chi connectivity index (χ4n) is 2.18. The lowest BCUT2D eigenvalue weighted by molar-refractivity contribution is 0.692. The highest BCUT2D eigenvalue weighted by atomic mass is 15.3. The van der Waals surface area contributed by atoms with Crippen LogP contribution in [0.5, 0.6) is 0 Å². The largest absolute Gasteiger partial charge is 0.325 e. The van der Waals surface area contributed by atoms with Crippen molar-refractivity contribution in [3.63, 3.8) is 0 Å². The maximum Gasteiger partial charge on any atom is 0.156 e. The zero-order valence-corrected chi connectivity index (χ0v) is 9.06. The maximum atomic E-state index is 5.68. The molecule has 0 saturated carbocycles. The molecule has 2 aromatic heterocycles. The summed E-state index contributed by atoms with van der Waals surface area (Å²) in [6.45, 7) is 2.53. The van der Waals surface area contributed by atoms with E-state index in [1.165, 1.54) is 0 Å². The number of nitrogens with zero attached hydrogens (tertiary/aromatic N) is 3. The molecule has 16 heavy (non-hydrogen) atoms. The van der Waals surface area contributed by atoms with Crippen LogP contribution in [-0.2, 0) is 6.54 Å². The van der Waals surface area contributed by atoms with E-state index in [0.29, 0.717) is 12.5 Å². The summed E-state index contributed by atoms with van der Waals surface area (Å²) in [6.07, 6.45) is 1.12. The summed E-state index contributed by atoms with van der Waals surface area (Å²) >= 11 is 0. The van der Waals surface area contributed by atoms with E-state index in [0.717, 1.165) is 36.7 Å². The van der Waals surface area contributed by atoms with Crippen molar-refractivity contribution in [2.75, 3.05) is 13.1 Å². The highest BCUT2D eigenvalue weighted by Crippen LogP contribution is 2.19. The van der Waals surface area contributed by atoms with Gasteiger partial charge in [0.05, 0.1) is 5.69 Å². The molecule has 5 heteroatoms. The molecule has 3 rings (SSSR count). The van der Waals surface area contributed by atoms with E-state index in [9.17, 15) is 0 Å². The second kappa shape index (κ2) is 3.84. The first kappa shape index (κ1) is 9.74. The van der Waals surface area contributed by atoms with Crippen molar-refractivity contribution in [2.45, 2.75) is 18.9 Å². The Morgan fingerprint density at radius 3 is 3.19 bits per heavy atom. The molecule has 1 fully saturated rings. The van der Waals surface area contributed by atoms with Gasteiger partial charge in [0.15, 0.2) is 11.5 Å². The third-order valence-electron chi connectivity index (χ3n) is 3.09. The van der Waals surface area contributed by atoms with Crippen LogP contribution in [-0.4, -0.2) is 27.7 Å². The Balaban J connectivity index is 2.07. The van der Waals surface area contributed by atoms with Gasteiger partial charge in [-0.3, -0.25) is 0 Å². The molecule has 1 saturated heterocycles. The second-order valence-electron chi connectivity index (χ2n) is 4.15. The van der Waals surface area contributed by atoms with Gasteiger partial charge in [0, 0.05) is 19.0 Å². The normalized spacial score (nSPS) is 20.7. The van der Waals surface area contributed by atoms with Gasteiger partial charge in [-0.1, -0.05) is 6.07 Å². The lowest BCUT2D eigenvalue weighted by Gasteiger charge is -2.00. The average molecular weight is 217 g/mol. The van der Waals surface area contributed by atoms with Crippen LogP contribution in [0.4, 0.5) is 0 Å². The predicted octanol–water partition coefficient (Wildman–Crippen LogP) is 0.265. The Hall–Kier alpha value is -1.46. The molecule has 2 aromatic rings. The van der Waals surface area contributed by atoms with Crippen LogP contribution in [0.15, 0.2) is 18.2 Å². The van der Waals surface area contributed by atoms with Crippen LogP contribution < -0.4 is 11.1 Å². The Labute approximate surface area is 93.7 Å².